The van der Waals surface area contributed by atoms with Gasteiger partial charge in [-0.3, -0.25) is 4.90 Å². The maximum absolute atomic E-state index is 7.16. The van der Waals surface area contributed by atoms with E-state index in [0.29, 0.717) is 6.04 Å². The van der Waals surface area contributed by atoms with E-state index in [1.807, 2.05) is 6.92 Å². The first-order valence-corrected chi connectivity index (χ1v) is 5.80. The molecule has 3 unspecified atom stereocenters. The molecule has 0 radical (unpaired) electrons. The van der Waals surface area contributed by atoms with Gasteiger partial charge in [-0.25, -0.2) is 0 Å². The number of hydrogen-bond acceptors (Lipinski definition) is 3. The monoisotopic (exact) mass is 221 g/mol. The van der Waals surface area contributed by atoms with Crippen LogP contribution in [0.3, 0.4) is 0 Å². The molecule has 2 N–H and O–H groups in total. The number of likely N-dealkylation sites (N-methyl/N-ethyl adjacent to an activating group) is 1. The molecule has 0 aromatic heterocycles. The molecule has 3 heteroatoms. The van der Waals surface area contributed by atoms with Crippen LogP contribution in [0.4, 0.5) is 0 Å². The second kappa shape index (κ2) is 5.30. The van der Waals surface area contributed by atoms with Gasteiger partial charge >= 0.3 is 0 Å². The largest absolute Gasteiger partial charge is 0.381 e. The van der Waals surface area contributed by atoms with E-state index in [1.54, 1.807) is 0 Å². The normalized spacial score (nSPS) is 27.4. The minimum Gasteiger partial charge on any atom is -0.381 e. The molecule has 3 nitrogen and oxygen atoms in total. The summed E-state index contributed by atoms with van der Waals surface area (Å²) in [7, 11) is 2.14. The molecule has 0 aliphatic carbocycles. The SMILES string of the molecule is C=C(C=N)C(C)NC(=C)C1CC(C)CN1C. The fourth-order valence-electron chi connectivity index (χ4n) is 2.25. The standard InChI is InChI=1S/C13H23N3/c1-9-6-13(16(5)8-9)12(4)15-11(3)10(2)7-14/h7,9,11,13-15H,2,4,6,8H2,1,3,5H3. The second-order valence-corrected chi connectivity index (χ2v) is 4.91. The van der Waals surface area contributed by atoms with Gasteiger partial charge in [0.05, 0.1) is 0 Å². The van der Waals surface area contributed by atoms with Crippen LogP contribution >= 0.6 is 0 Å². The van der Waals surface area contributed by atoms with E-state index in [2.05, 4.69) is 37.3 Å². The lowest BCUT2D eigenvalue weighted by molar-refractivity contribution is 0.328. The molecule has 1 rings (SSSR count). The lowest BCUT2D eigenvalue weighted by Gasteiger charge is -2.26. The van der Waals surface area contributed by atoms with Crippen molar-refractivity contribution in [3.8, 4) is 0 Å². The van der Waals surface area contributed by atoms with Crippen LogP contribution in [0.2, 0.25) is 0 Å². The fraction of sp³-hybridized carbons (Fsp3) is 0.615. The van der Waals surface area contributed by atoms with E-state index in [0.717, 1.165) is 30.2 Å². The Kier molecular flexibility index (Phi) is 4.30. The van der Waals surface area contributed by atoms with Crippen LogP contribution in [0, 0.1) is 11.3 Å². The van der Waals surface area contributed by atoms with Gasteiger partial charge in [-0.1, -0.05) is 20.1 Å². The molecule has 1 aliphatic rings. The molecular weight excluding hydrogens is 198 g/mol. The molecule has 0 saturated carbocycles. The van der Waals surface area contributed by atoms with E-state index in [-0.39, 0.29) is 6.04 Å². The van der Waals surface area contributed by atoms with E-state index < -0.39 is 0 Å². The maximum atomic E-state index is 7.16. The Morgan fingerprint density at radius 3 is 2.62 bits per heavy atom. The summed E-state index contributed by atoms with van der Waals surface area (Å²) in [6, 6.07) is 0.505. The predicted molar refractivity (Wildman–Crippen MR) is 69.9 cm³/mol. The van der Waals surface area contributed by atoms with Crippen molar-refractivity contribution in [3.63, 3.8) is 0 Å². The van der Waals surface area contributed by atoms with Crippen LogP contribution in [-0.2, 0) is 0 Å². The van der Waals surface area contributed by atoms with E-state index in [4.69, 9.17) is 5.41 Å². The van der Waals surface area contributed by atoms with Crippen molar-refractivity contribution < 1.29 is 0 Å². The minimum atomic E-state index is 0.0920. The average Bonchev–Trinajstić information content (AvgIpc) is 2.56. The second-order valence-electron chi connectivity index (χ2n) is 4.91. The zero-order valence-corrected chi connectivity index (χ0v) is 10.6. The highest BCUT2D eigenvalue weighted by molar-refractivity contribution is 5.76. The Labute approximate surface area is 98.7 Å². The summed E-state index contributed by atoms with van der Waals surface area (Å²) < 4.78 is 0. The number of rotatable bonds is 5. The number of hydrogen-bond donors (Lipinski definition) is 2. The van der Waals surface area contributed by atoms with Crippen molar-refractivity contribution in [2.75, 3.05) is 13.6 Å². The first kappa shape index (κ1) is 13.0. The topological polar surface area (TPSA) is 39.1 Å². The van der Waals surface area contributed by atoms with E-state index >= 15 is 0 Å². The molecule has 16 heavy (non-hydrogen) atoms. The molecular formula is C13H23N3. The van der Waals surface area contributed by atoms with Crippen molar-refractivity contribution in [3.05, 3.63) is 24.4 Å². The highest BCUT2D eigenvalue weighted by Crippen LogP contribution is 2.24. The van der Waals surface area contributed by atoms with Crippen molar-refractivity contribution >= 4 is 6.21 Å². The molecule has 3 atom stereocenters. The molecule has 0 spiro atoms. The Morgan fingerprint density at radius 2 is 2.19 bits per heavy atom. The zero-order valence-electron chi connectivity index (χ0n) is 10.6. The van der Waals surface area contributed by atoms with Crippen molar-refractivity contribution in [2.45, 2.75) is 32.4 Å². The van der Waals surface area contributed by atoms with Crippen molar-refractivity contribution in [1.29, 1.82) is 5.41 Å². The zero-order chi connectivity index (χ0) is 12.3. The fourth-order valence-corrected chi connectivity index (χ4v) is 2.25. The van der Waals surface area contributed by atoms with E-state index in [1.165, 1.54) is 6.21 Å². The number of nitrogens with one attached hydrogen (secondary N) is 2. The smallest absolute Gasteiger partial charge is 0.0492 e. The Balaban J connectivity index is 2.52. The summed E-state index contributed by atoms with van der Waals surface area (Å²) in [5.74, 6) is 0.731. The molecule has 1 heterocycles. The van der Waals surface area contributed by atoms with Gasteiger partial charge in [-0.05, 0) is 31.9 Å². The van der Waals surface area contributed by atoms with Gasteiger partial charge in [0.1, 0.15) is 0 Å². The Bertz CT molecular complexity index is 296. The summed E-state index contributed by atoms with van der Waals surface area (Å²) in [6.07, 6.45) is 2.46. The summed E-state index contributed by atoms with van der Waals surface area (Å²) in [5.41, 5.74) is 1.83. The average molecular weight is 221 g/mol. The molecule has 1 aliphatic heterocycles. The Hall–Kier alpha value is -1.09. The number of nitrogens with zero attached hydrogens (tertiary/aromatic N) is 1. The molecule has 90 valence electrons. The molecule has 1 saturated heterocycles. The maximum Gasteiger partial charge on any atom is 0.0492 e. The van der Waals surface area contributed by atoms with Gasteiger partial charge in [0, 0.05) is 30.5 Å². The third-order valence-electron chi connectivity index (χ3n) is 3.30. The summed E-state index contributed by atoms with van der Waals surface area (Å²) >= 11 is 0. The molecule has 0 bridgehead atoms. The highest BCUT2D eigenvalue weighted by Gasteiger charge is 2.29. The lowest BCUT2D eigenvalue weighted by atomic mass is 10.0. The summed E-state index contributed by atoms with van der Waals surface area (Å²) in [4.78, 5) is 2.33. The minimum absolute atomic E-state index is 0.0920. The van der Waals surface area contributed by atoms with Crippen LogP contribution in [0.5, 0.6) is 0 Å². The number of likely N-dealkylation sites (tertiary alicyclic amines) is 1. The lowest BCUT2D eigenvalue weighted by Crippen LogP contribution is -2.37. The van der Waals surface area contributed by atoms with Gasteiger partial charge in [0.15, 0.2) is 0 Å². The first-order valence-electron chi connectivity index (χ1n) is 5.80. The summed E-state index contributed by atoms with van der Waals surface area (Å²) in [5, 5.41) is 10.5. The first-order chi connectivity index (χ1) is 7.45. The molecule has 0 aromatic carbocycles. The van der Waals surface area contributed by atoms with Crippen molar-refractivity contribution in [2.24, 2.45) is 5.92 Å². The van der Waals surface area contributed by atoms with Crippen LogP contribution in [0.15, 0.2) is 24.4 Å². The highest BCUT2D eigenvalue weighted by atomic mass is 15.2. The Morgan fingerprint density at radius 1 is 1.56 bits per heavy atom. The van der Waals surface area contributed by atoms with Crippen LogP contribution in [0.25, 0.3) is 0 Å². The van der Waals surface area contributed by atoms with Crippen LogP contribution < -0.4 is 5.32 Å². The van der Waals surface area contributed by atoms with Gasteiger partial charge in [-0.15, -0.1) is 0 Å². The summed E-state index contributed by atoms with van der Waals surface area (Å²) in [6.45, 7) is 13.3. The van der Waals surface area contributed by atoms with Crippen LogP contribution in [-0.4, -0.2) is 36.8 Å². The van der Waals surface area contributed by atoms with Gasteiger partial charge in [0.2, 0.25) is 0 Å². The van der Waals surface area contributed by atoms with Crippen LogP contribution in [0.1, 0.15) is 20.3 Å². The van der Waals surface area contributed by atoms with Crippen molar-refractivity contribution in [1.82, 2.24) is 10.2 Å². The molecule has 0 amide bonds. The third kappa shape index (κ3) is 2.95. The quantitative estimate of drug-likeness (QED) is 0.697. The van der Waals surface area contributed by atoms with Gasteiger partial charge < -0.3 is 10.7 Å². The van der Waals surface area contributed by atoms with Gasteiger partial charge in [-0.2, -0.15) is 0 Å². The predicted octanol–water partition coefficient (Wildman–Crippen LogP) is 2.02. The van der Waals surface area contributed by atoms with E-state index in [9.17, 15) is 0 Å². The third-order valence-corrected chi connectivity index (χ3v) is 3.30. The molecule has 1 fully saturated rings. The molecule has 0 aromatic rings. The van der Waals surface area contributed by atoms with Gasteiger partial charge in [0.25, 0.3) is 0 Å².